The largest absolute Gasteiger partial charge is 0.340 e. The van der Waals surface area contributed by atoms with Crippen molar-refractivity contribution in [3.05, 3.63) is 75.1 Å². The molecule has 190 valence electrons. The van der Waals surface area contributed by atoms with Crippen molar-refractivity contribution in [2.24, 2.45) is 0 Å². The molecule has 0 radical (unpaired) electrons. The number of amides is 1. The molecule has 4 heterocycles. The van der Waals surface area contributed by atoms with Crippen molar-refractivity contribution in [2.45, 2.75) is 40.2 Å². The summed E-state index contributed by atoms with van der Waals surface area (Å²) in [4.78, 5) is 20.7. The van der Waals surface area contributed by atoms with Gasteiger partial charge in [0.05, 0.1) is 17.3 Å². The molecule has 3 aromatic heterocycles. The lowest BCUT2D eigenvalue weighted by Crippen LogP contribution is -2.48. The molecule has 0 aliphatic carbocycles. The Labute approximate surface area is 220 Å². The SMILES string of the molecule is [C-]#[N+]c1cccc(CN2CCN(C(=O)CCc3c(C)nn(-c4ccc5nnc(C)n5n4)c3C)CC2)c1Cl. The first-order valence-electron chi connectivity index (χ1n) is 12.2. The smallest absolute Gasteiger partial charge is 0.222 e. The second-order valence-corrected chi connectivity index (χ2v) is 9.67. The number of carbonyl (C=O) groups excluding carboxylic acids is 1. The van der Waals surface area contributed by atoms with Gasteiger partial charge < -0.3 is 4.90 Å². The van der Waals surface area contributed by atoms with Crippen LogP contribution in [0.3, 0.4) is 0 Å². The Morgan fingerprint density at radius 2 is 1.84 bits per heavy atom. The van der Waals surface area contributed by atoms with Gasteiger partial charge in [0.25, 0.3) is 0 Å². The van der Waals surface area contributed by atoms with Crippen molar-refractivity contribution >= 4 is 28.8 Å². The Kier molecular flexibility index (Phi) is 6.91. The number of piperazine rings is 1. The van der Waals surface area contributed by atoms with Crippen molar-refractivity contribution in [2.75, 3.05) is 26.2 Å². The number of halogens is 1. The fraction of sp³-hybridized carbons (Fsp3) is 0.385. The van der Waals surface area contributed by atoms with Gasteiger partial charge in [0.2, 0.25) is 11.6 Å². The second kappa shape index (κ2) is 10.3. The third kappa shape index (κ3) is 4.92. The van der Waals surface area contributed by atoms with E-state index in [2.05, 4.69) is 25.0 Å². The van der Waals surface area contributed by atoms with E-state index < -0.39 is 0 Å². The molecule has 1 aromatic carbocycles. The lowest BCUT2D eigenvalue weighted by atomic mass is 10.1. The third-order valence-electron chi connectivity index (χ3n) is 6.95. The Morgan fingerprint density at radius 3 is 2.59 bits per heavy atom. The Balaban J connectivity index is 1.19. The van der Waals surface area contributed by atoms with Crippen molar-refractivity contribution in [3.8, 4) is 5.82 Å². The highest BCUT2D eigenvalue weighted by Crippen LogP contribution is 2.29. The van der Waals surface area contributed by atoms with Crippen LogP contribution in [0.25, 0.3) is 16.3 Å². The van der Waals surface area contributed by atoms with Gasteiger partial charge in [0.1, 0.15) is 0 Å². The molecule has 1 aliphatic rings. The molecule has 11 heteroatoms. The number of aryl methyl sites for hydroxylation is 2. The molecular weight excluding hydrogens is 490 g/mol. The zero-order valence-corrected chi connectivity index (χ0v) is 21.9. The van der Waals surface area contributed by atoms with Crippen molar-refractivity contribution < 1.29 is 4.79 Å². The van der Waals surface area contributed by atoms with Crippen LogP contribution in [0.2, 0.25) is 5.02 Å². The highest BCUT2D eigenvalue weighted by atomic mass is 35.5. The minimum absolute atomic E-state index is 0.152. The zero-order chi connectivity index (χ0) is 26.1. The predicted molar refractivity (Wildman–Crippen MR) is 140 cm³/mol. The molecule has 0 unspecified atom stereocenters. The average Bonchev–Trinajstić information content (AvgIpc) is 3.42. The van der Waals surface area contributed by atoms with Crippen molar-refractivity contribution in [3.63, 3.8) is 0 Å². The summed E-state index contributed by atoms with van der Waals surface area (Å²) in [5.41, 5.74) is 5.07. The standard InChI is InChI=1S/C26H28ClN9O/c1-17-21(18(2)35(31-17)24-10-9-23-30-29-19(3)36(23)32-24)8-11-25(37)34-14-12-33(13-15-34)16-20-6-5-7-22(28-4)26(20)27/h5-7,9-10H,8,11-16H2,1-3H3. The monoisotopic (exact) mass is 517 g/mol. The first-order chi connectivity index (χ1) is 17.9. The van der Waals surface area contributed by atoms with Gasteiger partial charge in [-0.25, -0.2) is 9.53 Å². The minimum atomic E-state index is 0.152. The van der Waals surface area contributed by atoms with Gasteiger partial charge in [-0.05, 0) is 50.5 Å². The molecule has 0 spiro atoms. The molecule has 0 N–H and O–H groups in total. The van der Waals surface area contributed by atoms with Gasteiger partial charge in [-0.2, -0.15) is 9.61 Å². The molecule has 37 heavy (non-hydrogen) atoms. The average molecular weight is 518 g/mol. The van der Waals surface area contributed by atoms with E-state index in [1.807, 2.05) is 54.6 Å². The van der Waals surface area contributed by atoms with E-state index in [0.717, 1.165) is 35.6 Å². The number of benzene rings is 1. The topological polar surface area (TPSA) is 88.8 Å². The summed E-state index contributed by atoms with van der Waals surface area (Å²) in [6.07, 6.45) is 1.06. The van der Waals surface area contributed by atoms with Gasteiger partial charge in [-0.15, -0.1) is 15.3 Å². The highest BCUT2D eigenvalue weighted by molar-refractivity contribution is 6.34. The number of aromatic nitrogens is 6. The molecule has 1 saturated heterocycles. The maximum absolute atomic E-state index is 13.0. The highest BCUT2D eigenvalue weighted by Gasteiger charge is 2.23. The molecule has 0 atom stereocenters. The van der Waals surface area contributed by atoms with Crippen LogP contribution >= 0.6 is 11.6 Å². The number of hydrogen-bond donors (Lipinski definition) is 0. The first-order valence-corrected chi connectivity index (χ1v) is 12.6. The summed E-state index contributed by atoms with van der Waals surface area (Å²) >= 11 is 6.38. The van der Waals surface area contributed by atoms with Gasteiger partial charge in [-0.1, -0.05) is 29.8 Å². The van der Waals surface area contributed by atoms with E-state index in [1.165, 1.54) is 0 Å². The van der Waals surface area contributed by atoms with Crippen LogP contribution in [0.15, 0.2) is 30.3 Å². The van der Waals surface area contributed by atoms with Crippen LogP contribution in [0.1, 0.15) is 34.8 Å². The normalized spacial score (nSPS) is 14.3. The maximum atomic E-state index is 13.0. The molecule has 10 nitrogen and oxygen atoms in total. The molecule has 1 aliphatic heterocycles. The van der Waals surface area contributed by atoms with E-state index >= 15 is 0 Å². The molecule has 1 amide bonds. The lowest BCUT2D eigenvalue weighted by Gasteiger charge is -2.35. The van der Waals surface area contributed by atoms with E-state index in [4.69, 9.17) is 23.3 Å². The molecule has 4 aromatic rings. The van der Waals surface area contributed by atoms with Gasteiger partial charge in [0, 0.05) is 44.8 Å². The van der Waals surface area contributed by atoms with Crippen molar-refractivity contribution in [1.29, 1.82) is 0 Å². The fourth-order valence-corrected chi connectivity index (χ4v) is 5.05. The number of nitrogens with zero attached hydrogens (tertiary/aromatic N) is 9. The summed E-state index contributed by atoms with van der Waals surface area (Å²) < 4.78 is 3.52. The first kappa shape index (κ1) is 24.9. The van der Waals surface area contributed by atoms with Gasteiger partial charge in [0.15, 0.2) is 17.3 Å². The fourth-order valence-electron chi connectivity index (χ4n) is 4.82. The zero-order valence-electron chi connectivity index (χ0n) is 21.1. The third-order valence-corrected chi connectivity index (χ3v) is 7.39. The quantitative estimate of drug-likeness (QED) is 0.362. The minimum Gasteiger partial charge on any atom is -0.340 e. The molecule has 5 rings (SSSR count). The molecule has 0 bridgehead atoms. The Hall–Kier alpha value is -3.81. The van der Waals surface area contributed by atoms with E-state index in [9.17, 15) is 4.79 Å². The Bertz CT molecular complexity index is 1510. The summed E-state index contributed by atoms with van der Waals surface area (Å²) in [7, 11) is 0. The van der Waals surface area contributed by atoms with Crippen LogP contribution in [0.4, 0.5) is 5.69 Å². The van der Waals surface area contributed by atoms with Crippen LogP contribution < -0.4 is 0 Å². The second-order valence-electron chi connectivity index (χ2n) is 9.29. The van der Waals surface area contributed by atoms with Crippen molar-refractivity contribution in [1.82, 2.24) is 39.4 Å². The summed E-state index contributed by atoms with van der Waals surface area (Å²) in [6.45, 7) is 16.7. The molecule has 0 saturated carbocycles. The summed E-state index contributed by atoms with van der Waals surface area (Å²) in [5.74, 6) is 1.55. The van der Waals surface area contributed by atoms with Crippen LogP contribution in [0.5, 0.6) is 0 Å². The van der Waals surface area contributed by atoms with Gasteiger partial charge in [-0.3, -0.25) is 9.69 Å². The lowest BCUT2D eigenvalue weighted by molar-refractivity contribution is -0.133. The van der Waals surface area contributed by atoms with E-state index in [0.29, 0.717) is 60.5 Å². The number of fused-ring (bicyclic) bond motifs is 1. The van der Waals surface area contributed by atoms with Crippen LogP contribution in [-0.2, 0) is 17.8 Å². The number of rotatable bonds is 6. The Morgan fingerprint density at radius 1 is 1.05 bits per heavy atom. The van der Waals surface area contributed by atoms with Gasteiger partial charge >= 0.3 is 0 Å². The van der Waals surface area contributed by atoms with E-state index in [-0.39, 0.29) is 5.91 Å². The number of hydrogen-bond acceptors (Lipinski definition) is 6. The van der Waals surface area contributed by atoms with Crippen LogP contribution in [-0.4, -0.2) is 71.5 Å². The predicted octanol–water partition coefficient (Wildman–Crippen LogP) is 3.72. The summed E-state index contributed by atoms with van der Waals surface area (Å²) in [5, 5.41) is 18.0. The van der Waals surface area contributed by atoms with E-state index in [1.54, 1.807) is 10.6 Å². The molecular formula is C26H28ClN9O. The molecule has 1 fully saturated rings. The van der Waals surface area contributed by atoms with Crippen LogP contribution in [0, 0.1) is 27.3 Å². The maximum Gasteiger partial charge on any atom is 0.222 e. The summed E-state index contributed by atoms with van der Waals surface area (Å²) in [6, 6.07) is 9.31. The number of carbonyl (C=O) groups is 1.